The number of hydrogen-bond acceptors (Lipinski definition) is 4. The lowest BCUT2D eigenvalue weighted by molar-refractivity contribution is -0.152. The number of carbonyl (C=O) groups is 3. The Bertz CT molecular complexity index is 881. The van der Waals surface area contributed by atoms with Crippen LogP contribution in [0.3, 0.4) is 0 Å². The number of hydrogen-bond donors (Lipinski definition) is 0. The number of ether oxygens (including phenoxy) is 1. The van der Waals surface area contributed by atoms with Gasteiger partial charge in [0.1, 0.15) is 5.56 Å². The van der Waals surface area contributed by atoms with Gasteiger partial charge in [0.25, 0.3) is 5.91 Å². The summed E-state index contributed by atoms with van der Waals surface area (Å²) in [6.45, 7) is 2.68. The Balaban J connectivity index is 1.58. The van der Waals surface area contributed by atoms with Crippen molar-refractivity contribution >= 4 is 17.8 Å². The molecule has 32 heavy (non-hydrogen) atoms. The van der Waals surface area contributed by atoms with E-state index in [9.17, 15) is 36.3 Å². The van der Waals surface area contributed by atoms with E-state index in [2.05, 4.69) is 0 Å². The van der Waals surface area contributed by atoms with E-state index in [4.69, 9.17) is 4.74 Å². The van der Waals surface area contributed by atoms with E-state index in [0.717, 1.165) is 4.90 Å². The van der Waals surface area contributed by atoms with Gasteiger partial charge in [0.2, 0.25) is 11.7 Å². The Morgan fingerprint density at radius 1 is 0.750 bits per heavy atom. The van der Waals surface area contributed by atoms with E-state index < -0.39 is 46.5 Å². The highest BCUT2D eigenvalue weighted by Crippen LogP contribution is 2.28. The Kier molecular flexibility index (Phi) is 7.35. The summed E-state index contributed by atoms with van der Waals surface area (Å²) in [7, 11) is 0. The van der Waals surface area contributed by atoms with Crippen molar-refractivity contribution in [3.05, 3.63) is 34.6 Å². The number of esters is 1. The Morgan fingerprint density at radius 3 is 1.69 bits per heavy atom. The molecule has 2 aliphatic rings. The number of carbonyl (C=O) groups excluding carboxylic acids is 3. The largest absolute Gasteiger partial charge is 0.466 e. The SMILES string of the molecule is CCOC(=O)C1CCN(C(=O)C2CCN(C(=O)c3c(F)c(F)c(F)c(F)c3F)CC2)CC1. The summed E-state index contributed by atoms with van der Waals surface area (Å²) in [6.07, 6.45) is 1.36. The first-order valence-corrected chi connectivity index (χ1v) is 10.4. The van der Waals surface area contributed by atoms with Gasteiger partial charge in [-0.1, -0.05) is 0 Å². The number of likely N-dealkylation sites (tertiary alicyclic amines) is 2. The molecule has 2 aliphatic heterocycles. The van der Waals surface area contributed by atoms with Gasteiger partial charge in [0, 0.05) is 32.1 Å². The Hall–Kier alpha value is -2.72. The van der Waals surface area contributed by atoms with Crippen LogP contribution >= 0.6 is 0 Å². The van der Waals surface area contributed by atoms with Crippen LogP contribution in [0.15, 0.2) is 0 Å². The van der Waals surface area contributed by atoms with Gasteiger partial charge >= 0.3 is 5.97 Å². The number of halogens is 5. The van der Waals surface area contributed by atoms with Crippen LogP contribution in [0.5, 0.6) is 0 Å². The zero-order valence-corrected chi connectivity index (χ0v) is 17.4. The molecule has 0 aliphatic carbocycles. The van der Waals surface area contributed by atoms with Gasteiger partial charge in [0.05, 0.1) is 12.5 Å². The molecular formula is C21H23F5N2O4. The van der Waals surface area contributed by atoms with Crippen LogP contribution < -0.4 is 0 Å². The van der Waals surface area contributed by atoms with E-state index in [1.165, 1.54) is 0 Å². The quantitative estimate of drug-likeness (QED) is 0.299. The molecule has 1 aromatic rings. The first kappa shape index (κ1) is 23.9. The van der Waals surface area contributed by atoms with Crippen LogP contribution in [0, 0.1) is 40.9 Å². The number of nitrogens with zero attached hydrogens (tertiary/aromatic N) is 2. The molecule has 2 fully saturated rings. The second-order valence-electron chi connectivity index (χ2n) is 7.86. The fourth-order valence-electron chi connectivity index (χ4n) is 4.13. The van der Waals surface area contributed by atoms with Gasteiger partial charge in [-0.25, -0.2) is 22.0 Å². The van der Waals surface area contributed by atoms with Crippen LogP contribution in [0.4, 0.5) is 22.0 Å². The summed E-state index contributed by atoms with van der Waals surface area (Å²) >= 11 is 0. The molecule has 11 heteroatoms. The third kappa shape index (κ3) is 4.56. The molecular weight excluding hydrogens is 439 g/mol. The molecule has 2 heterocycles. The lowest BCUT2D eigenvalue weighted by Gasteiger charge is -2.37. The third-order valence-corrected chi connectivity index (χ3v) is 5.98. The van der Waals surface area contributed by atoms with Gasteiger partial charge in [-0.3, -0.25) is 14.4 Å². The van der Waals surface area contributed by atoms with E-state index >= 15 is 0 Å². The van der Waals surface area contributed by atoms with Crippen molar-refractivity contribution in [1.29, 1.82) is 0 Å². The summed E-state index contributed by atoms with van der Waals surface area (Å²) in [5.74, 6) is -13.4. The van der Waals surface area contributed by atoms with E-state index in [0.29, 0.717) is 32.5 Å². The molecule has 0 N–H and O–H groups in total. The van der Waals surface area contributed by atoms with Crippen molar-refractivity contribution in [2.45, 2.75) is 32.6 Å². The lowest BCUT2D eigenvalue weighted by Crippen LogP contribution is -2.47. The molecule has 0 atom stereocenters. The maximum absolute atomic E-state index is 13.9. The Morgan fingerprint density at radius 2 is 1.19 bits per heavy atom. The minimum absolute atomic E-state index is 0.0615. The first-order chi connectivity index (χ1) is 15.2. The highest BCUT2D eigenvalue weighted by atomic mass is 19.2. The lowest BCUT2D eigenvalue weighted by atomic mass is 9.92. The number of benzene rings is 1. The van der Waals surface area contributed by atoms with Crippen molar-refractivity contribution in [2.24, 2.45) is 11.8 Å². The summed E-state index contributed by atoms with van der Waals surface area (Å²) in [5.41, 5.74) is -1.49. The van der Waals surface area contributed by atoms with Crippen LogP contribution in [0.1, 0.15) is 43.0 Å². The molecule has 0 unspecified atom stereocenters. The van der Waals surface area contributed by atoms with Gasteiger partial charge in [0.15, 0.2) is 23.3 Å². The zero-order chi connectivity index (χ0) is 23.6. The number of piperidine rings is 2. The molecule has 3 rings (SSSR count). The zero-order valence-electron chi connectivity index (χ0n) is 17.4. The van der Waals surface area contributed by atoms with Crippen molar-refractivity contribution < 1.29 is 41.1 Å². The summed E-state index contributed by atoms with van der Waals surface area (Å²) in [4.78, 5) is 39.7. The molecule has 0 radical (unpaired) electrons. The Labute approximate surface area is 181 Å². The monoisotopic (exact) mass is 462 g/mol. The standard InChI is InChI=1S/C21H23F5N2O4/c1-2-32-21(31)12-5-9-27(10-6-12)19(29)11-3-7-28(8-4-11)20(30)13-14(22)16(24)18(26)17(25)15(13)23/h11-12H,2-10H2,1H3. The molecule has 176 valence electrons. The van der Waals surface area contributed by atoms with E-state index in [1.807, 2.05) is 0 Å². The highest BCUT2D eigenvalue weighted by Gasteiger charge is 2.36. The number of amides is 2. The summed E-state index contributed by atoms with van der Waals surface area (Å²) in [5, 5.41) is 0. The molecule has 0 bridgehead atoms. The minimum Gasteiger partial charge on any atom is -0.466 e. The predicted octanol–water partition coefficient (Wildman–Crippen LogP) is 3.04. The average Bonchev–Trinajstić information content (AvgIpc) is 2.81. The van der Waals surface area contributed by atoms with Crippen LogP contribution in [-0.4, -0.2) is 60.4 Å². The fourth-order valence-corrected chi connectivity index (χ4v) is 4.13. The highest BCUT2D eigenvalue weighted by molar-refractivity contribution is 5.95. The maximum atomic E-state index is 13.9. The van der Waals surface area contributed by atoms with Gasteiger partial charge in [-0.2, -0.15) is 0 Å². The summed E-state index contributed by atoms with van der Waals surface area (Å²) < 4.78 is 72.9. The van der Waals surface area contributed by atoms with Crippen molar-refractivity contribution in [3.63, 3.8) is 0 Å². The molecule has 0 saturated carbocycles. The molecule has 0 aromatic heterocycles. The molecule has 6 nitrogen and oxygen atoms in total. The van der Waals surface area contributed by atoms with Gasteiger partial charge in [-0.15, -0.1) is 0 Å². The molecule has 2 amide bonds. The normalized spacial score (nSPS) is 18.1. The summed E-state index contributed by atoms with van der Waals surface area (Å²) in [6, 6.07) is 0. The van der Waals surface area contributed by atoms with E-state index in [1.54, 1.807) is 11.8 Å². The topological polar surface area (TPSA) is 66.9 Å². The van der Waals surface area contributed by atoms with Crippen molar-refractivity contribution in [2.75, 3.05) is 32.8 Å². The van der Waals surface area contributed by atoms with Gasteiger partial charge < -0.3 is 14.5 Å². The van der Waals surface area contributed by atoms with Crippen LogP contribution in [0.25, 0.3) is 0 Å². The fraction of sp³-hybridized carbons (Fsp3) is 0.571. The minimum atomic E-state index is -2.33. The van der Waals surface area contributed by atoms with Crippen LogP contribution in [0.2, 0.25) is 0 Å². The molecule has 1 aromatic carbocycles. The molecule has 0 spiro atoms. The number of rotatable bonds is 4. The smallest absolute Gasteiger partial charge is 0.309 e. The van der Waals surface area contributed by atoms with Crippen molar-refractivity contribution in [1.82, 2.24) is 9.80 Å². The average molecular weight is 462 g/mol. The van der Waals surface area contributed by atoms with E-state index in [-0.39, 0.29) is 43.7 Å². The third-order valence-electron chi connectivity index (χ3n) is 5.98. The predicted molar refractivity (Wildman–Crippen MR) is 101 cm³/mol. The maximum Gasteiger partial charge on any atom is 0.309 e. The van der Waals surface area contributed by atoms with Crippen LogP contribution in [-0.2, 0) is 14.3 Å². The molecule has 2 saturated heterocycles. The van der Waals surface area contributed by atoms with Gasteiger partial charge in [-0.05, 0) is 32.6 Å². The first-order valence-electron chi connectivity index (χ1n) is 10.4. The second-order valence-corrected chi connectivity index (χ2v) is 7.86. The second kappa shape index (κ2) is 9.83. The van der Waals surface area contributed by atoms with Crippen molar-refractivity contribution in [3.8, 4) is 0 Å².